The number of hydrogen-bond acceptors (Lipinski definition) is 5. The lowest BCUT2D eigenvalue weighted by Gasteiger charge is -2.19. The minimum Gasteiger partial charge on any atom is -0.315 e. The molecule has 2 heterocycles. The number of amides is 1. The molecule has 3 rings (SSSR count). The molecular formula is C22H23N3O2S. The Morgan fingerprint density at radius 3 is 2.43 bits per heavy atom. The largest absolute Gasteiger partial charge is 0.315 e. The first-order valence-corrected chi connectivity index (χ1v) is 10.0. The van der Waals surface area contributed by atoms with Crippen LogP contribution in [-0.4, -0.2) is 28.7 Å². The van der Waals surface area contributed by atoms with Crippen molar-refractivity contribution in [2.45, 2.75) is 33.6 Å². The molecule has 5 nitrogen and oxygen atoms in total. The number of carbonyl (C=O) groups is 2. The highest BCUT2D eigenvalue weighted by Crippen LogP contribution is 2.27. The van der Waals surface area contributed by atoms with E-state index in [0.29, 0.717) is 12.1 Å². The highest BCUT2D eigenvalue weighted by Gasteiger charge is 2.13. The van der Waals surface area contributed by atoms with Crippen LogP contribution in [0.5, 0.6) is 0 Å². The number of carbonyl (C=O) groups excluding carboxylic acids is 2. The maximum absolute atomic E-state index is 12.4. The molecule has 28 heavy (non-hydrogen) atoms. The van der Waals surface area contributed by atoms with Crippen LogP contribution in [0.3, 0.4) is 0 Å². The summed E-state index contributed by atoms with van der Waals surface area (Å²) >= 11 is 1.49. The van der Waals surface area contributed by atoms with E-state index in [-0.39, 0.29) is 18.1 Å². The van der Waals surface area contributed by atoms with Crippen molar-refractivity contribution >= 4 is 28.7 Å². The first-order chi connectivity index (χ1) is 13.4. The summed E-state index contributed by atoms with van der Waals surface area (Å²) in [6, 6.07) is 9.61. The van der Waals surface area contributed by atoms with Crippen molar-refractivity contribution in [1.82, 2.24) is 9.97 Å². The number of pyridine rings is 1. The van der Waals surface area contributed by atoms with E-state index in [1.165, 1.54) is 11.3 Å². The fourth-order valence-corrected chi connectivity index (χ4v) is 3.79. The average Bonchev–Trinajstić information content (AvgIpc) is 3.11. The summed E-state index contributed by atoms with van der Waals surface area (Å²) < 4.78 is 0. The SMILES string of the molecule is CCC(=O)N(C)c1ccc(-c2ccc(C(=O)Cc3nc(C)cs3)nc2)cc1C. The number of nitrogens with zero attached hydrogens (tertiary/aromatic N) is 3. The van der Waals surface area contributed by atoms with Gasteiger partial charge >= 0.3 is 0 Å². The molecule has 0 radical (unpaired) electrons. The molecule has 0 saturated carbocycles. The van der Waals surface area contributed by atoms with Crippen molar-refractivity contribution in [3.05, 3.63) is 63.9 Å². The quantitative estimate of drug-likeness (QED) is 0.573. The molecule has 0 aliphatic rings. The molecule has 0 aliphatic carbocycles. The Kier molecular flexibility index (Phi) is 5.99. The number of aromatic nitrogens is 2. The minimum absolute atomic E-state index is 0.0351. The first kappa shape index (κ1) is 19.9. The number of anilines is 1. The fourth-order valence-electron chi connectivity index (χ4n) is 3.02. The van der Waals surface area contributed by atoms with Gasteiger partial charge in [-0.3, -0.25) is 14.6 Å². The predicted molar refractivity (Wildman–Crippen MR) is 113 cm³/mol. The highest BCUT2D eigenvalue weighted by atomic mass is 32.1. The molecule has 0 fully saturated rings. The van der Waals surface area contributed by atoms with Gasteiger partial charge in [0.1, 0.15) is 10.7 Å². The maximum atomic E-state index is 12.4. The van der Waals surface area contributed by atoms with E-state index >= 15 is 0 Å². The van der Waals surface area contributed by atoms with Crippen LogP contribution < -0.4 is 4.90 Å². The molecule has 0 aliphatic heterocycles. The third kappa shape index (κ3) is 4.34. The van der Waals surface area contributed by atoms with Gasteiger partial charge in [-0.2, -0.15) is 0 Å². The molecule has 0 saturated heterocycles. The number of thiazole rings is 1. The van der Waals surface area contributed by atoms with Gasteiger partial charge in [-0.15, -0.1) is 11.3 Å². The van der Waals surface area contributed by atoms with Crippen molar-refractivity contribution in [1.29, 1.82) is 0 Å². The summed E-state index contributed by atoms with van der Waals surface area (Å²) in [5, 5.41) is 2.75. The van der Waals surface area contributed by atoms with Crippen LogP contribution >= 0.6 is 11.3 Å². The summed E-state index contributed by atoms with van der Waals surface area (Å²) in [5.74, 6) is 0.0444. The Morgan fingerprint density at radius 2 is 1.86 bits per heavy atom. The molecule has 1 amide bonds. The lowest BCUT2D eigenvalue weighted by Crippen LogP contribution is -2.25. The topological polar surface area (TPSA) is 63.2 Å². The van der Waals surface area contributed by atoms with Crippen molar-refractivity contribution in [2.75, 3.05) is 11.9 Å². The molecular weight excluding hydrogens is 370 g/mol. The first-order valence-electron chi connectivity index (χ1n) is 9.17. The standard InChI is InChI=1S/C22H23N3O2S/c1-5-22(27)25(4)19-9-7-16(10-14(19)2)17-6-8-18(23-12-17)20(26)11-21-24-15(3)13-28-21/h6-10,12-13H,5,11H2,1-4H3. The Labute approximate surface area is 169 Å². The molecule has 6 heteroatoms. The lowest BCUT2D eigenvalue weighted by molar-refractivity contribution is -0.118. The zero-order valence-corrected chi connectivity index (χ0v) is 17.3. The zero-order valence-electron chi connectivity index (χ0n) is 16.5. The molecule has 0 unspecified atom stereocenters. The Hall–Kier alpha value is -2.86. The fraction of sp³-hybridized carbons (Fsp3) is 0.273. The molecule has 144 valence electrons. The molecule has 0 atom stereocenters. The van der Waals surface area contributed by atoms with Gasteiger partial charge in [0.25, 0.3) is 0 Å². The summed E-state index contributed by atoms with van der Waals surface area (Å²) in [4.78, 5) is 34.7. The van der Waals surface area contributed by atoms with Gasteiger partial charge in [0, 0.05) is 42.0 Å². The lowest BCUT2D eigenvalue weighted by atomic mass is 10.0. The summed E-state index contributed by atoms with van der Waals surface area (Å²) in [5.41, 5.74) is 5.22. The van der Waals surface area contributed by atoms with Crippen LogP contribution in [0.2, 0.25) is 0 Å². The third-order valence-corrected chi connectivity index (χ3v) is 5.56. The molecule has 0 spiro atoms. The molecule has 1 aromatic carbocycles. The van der Waals surface area contributed by atoms with Gasteiger partial charge in [-0.1, -0.05) is 19.1 Å². The van der Waals surface area contributed by atoms with E-state index < -0.39 is 0 Å². The second-order valence-electron chi connectivity index (χ2n) is 6.72. The van der Waals surface area contributed by atoms with E-state index in [4.69, 9.17) is 0 Å². The van der Waals surface area contributed by atoms with Gasteiger partial charge in [0.2, 0.25) is 5.91 Å². The number of hydrogen-bond donors (Lipinski definition) is 0. The average molecular weight is 394 g/mol. The van der Waals surface area contributed by atoms with Crippen molar-refractivity contribution in [2.24, 2.45) is 0 Å². The predicted octanol–water partition coefficient (Wildman–Crippen LogP) is 4.62. The van der Waals surface area contributed by atoms with Crippen LogP contribution in [0.15, 0.2) is 41.9 Å². The van der Waals surface area contributed by atoms with Crippen LogP contribution in [0, 0.1) is 13.8 Å². The number of Topliss-reactive ketones (excluding diaryl/α,β-unsaturated/α-hetero) is 1. The van der Waals surface area contributed by atoms with Gasteiger partial charge in [-0.25, -0.2) is 4.98 Å². The number of benzene rings is 1. The van der Waals surface area contributed by atoms with Crippen molar-refractivity contribution < 1.29 is 9.59 Å². The van der Waals surface area contributed by atoms with Crippen molar-refractivity contribution in [3.63, 3.8) is 0 Å². The zero-order chi connectivity index (χ0) is 20.3. The van der Waals surface area contributed by atoms with E-state index in [1.807, 2.05) is 50.4 Å². The summed E-state index contributed by atoms with van der Waals surface area (Å²) in [6.45, 7) is 5.76. The number of rotatable bonds is 6. The van der Waals surface area contributed by atoms with E-state index in [9.17, 15) is 9.59 Å². The summed E-state index contributed by atoms with van der Waals surface area (Å²) in [7, 11) is 1.79. The Balaban J connectivity index is 1.77. The monoisotopic (exact) mass is 393 g/mol. The molecule has 0 bridgehead atoms. The minimum atomic E-state index is -0.0351. The van der Waals surface area contributed by atoms with E-state index in [1.54, 1.807) is 24.2 Å². The Morgan fingerprint density at radius 1 is 1.11 bits per heavy atom. The van der Waals surface area contributed by atoms with Crippen molar-refractivity contribution in [3.8, 4) is 11.1 Å². The molecule has 3 aromatic rings. The maximum Gasteiger partial charge on any atom is 0.226 e. The van der Waals surface area contributed by atoms with Crippen LogP contribution in [0.4, 0.5) is 5.69 Å². The molecule has 2 aromatic heterocycles. The van der Waals surface area contributed by atoms with Crippen LogP contribution in [-0.2, 0) is 11.2 Å². The van der Waals surface area contributed by atoms with Crippen LogP contribution in [0.1, 0.15) is 40.1 Å². The van der Waals surface area contributed by atoms with Gasteiger partial charge in [-0.05, 0) is 43.2 Å². The normalized spacial score (nSPS) is 10.7. The third-order valence-electron chi connectivity index (χ3n) is 4.60. The van der Waals surface area contributed by atoms with E-state index in [0.717, 1.165) is 33.1 Å². The Bertz CT molecular complexity index is 1010. The van der Waals surface area contributed by atoms with Gasteiger partial charge < -0.3 is 4.90 Å². The highest BCUT2D eigenvalue weighted by molar-refractivity contribution is 7.09. The smallest absolute Gasteiger partial charge is 0.226 e. The van der Waals surface area contributed by atoms with Crippen LogP contribution in [0.25, 0.3) is 11.1 Å². The van der Waals surface area contributed by atoms with Gasteiger partial charge in [0.05, 0.1) is 6.42 Å². The molecule has 0 N–H and O–H groups in total. The summed E-state index contributed by atoms with van der Waals surface area (Å²) in [6.07, 6.45) is 2.46. The number of ketones is 1. The van der Waals surface area contributed by atoms with E-state index in [2.05, 4.69) is 9.97 Å². The second kappa shape index (κ2) is 8.44. The van der Waals surface area contributed by atoms with Gasteiger partial charge in [0.15, 0.2) is 5.78 Å². The second-order valence-corrected chi connectivity index (χ2v) is 7.66. The number of aryl methyl sites for hydroxylation is 2.